The minimum Gasteiger partial charge on any atom is -0.466 e. The van der Waals surface area contributed by atoms with Crippen LogP contribution >= 0.6 is 0 Å². The molecule has 7 heteroatoms. The van der Waals surface area contributed by atoms with E-state index in [1.165, 1.54) is 0 Å². The van der Waals surface area contributed by atoms with Crippen LogP contribution in [0.25, 0.3) is 0 Å². The summed E-state index contributed by atoms with van der Waals surface area (Å²) in [6, 6.07) is 0. The zero-order chi connectivity index (χ0) is 19.3. The summed E-state index contributed by atoms with van der Waals surface area (Å²) in [5.74, 6) is -4.25. The lowest BCUT2D eigenvalue weighted by molar-refractivity contribution is -0.204. The Balaban J connectivity index is 2.04. The summed E-state index contributed by atoms with van der Waals surface area (Å²) in [6.07, 6.45) is 0.0322. The van der Waals surface area contributed by atoms with Crippen LogP contribution < -0.4 is 0 Å². The van der Waals surface area contributed by atoms with Crippen molar-refractivity contribution in [2.24, 2.45) is 23.2 Å². The van der Waals surface area contributed by atoms with E-state index >= 15 is 0 Å². The van der Waals surface area contributed by atoms with Crippen molar-refractivity contribution in [2.75, 3.05) is 13.7 Å². The summed E-state index contributed by atoms with van der Waals surface area (Å²) in [5.41, 5.74) is 1.18. The summed E-state index contributed by atoms with van der Waals surface area (Å²) in [4.78, 5) is 26.1. The van der Waals surface area contributed by atoms with Gasteiger partial charge in [-0.1, -0.05) is 24.6 Å². The highest BCUT2D eigenvalue weighted by Gasteiger charge is 2.57. The van der Waals surface area contributed by atoms with Gasteiger partial charge in [0.2, 0.25) is 5.91 Å². The Hall–Kier alpha value is -1.79. The average molecular weight is 371 g/mol. The zero-order valence-electron chi connectivity index (χ0n) is 15.2. The molecule has 4 nitrogen and oxygen atoms in total. The molecule has 26 heavy (non-hydrogen) atoms. The number of ether oxygens (including phenoxy) is 1. The van der Waals surface area contributed by atoms with Gasteiger partial charge >= 0.3 is 12.1 Å². The standard InChI is InChI=1S/C19H24F3NO3/c1-4-26-17(25)16-11-5-8-14-18(2,10-9-15(24)23(14)3)12(11)6-7-13(16)19(20,21)22/h6,8,11,13,16H,4-5,7,9-10H2,1-3H3/t11-,13+,16+,18-/m1/s1. The van der Waals surface area contributed by atoms with Crippen LogP contribution in [0.1, 0.15) is 39.5 Å². The highest BCUT2D eigenvalue weighted by molar-refractivity contribution is 5.80. The van der Waals surface area contributed by atoms with Crippen molar-refractivity contribution in [3.05, 3.63) is 23.4 Å². The third kappa shape index (κ3) is 2.85. The maximum absolute atomic E-state index is 13.6. The van der Waals surface area contributed by atoms with Crippen LogP contribution in [0.5, 0.6) is 0 Å². The third-order valence-corrected chi connectivity index (χ3v) is 6.18. The molecular weight excluding hydrogens is 347 g/mol. The van der Waals surface area contributed by atoms with Gasteiger partial charge in [-0.25, -0.2) is 0 Å². The largest absolute Gasteiger partial charge is 0.466 e. The summed E-state index contributed by atoms with van der Waals surface area (Å²) in [5, 5.41) is 0. The number of fused-ring (bicyclic) bond motifs is 3. The summed E-state index contributed by atoms with van der Waals surface area (Å²) < 4.78 is 45.8. The van der Waals surface area contributed by atoms with E-state index in [1.54, 1.807) is 24.9 Å². The van der Waals surface area contributed by atoms with Crippen molar-refractivity contribution in [3.63, 3.8) is 0 Å². The first-order chi connectivity index (χ1) is 12.1. The van der Waals surface area contributed by atoms with Gasteiger partial charge in [-0.2, -0.15) is 13.2 Å². The highest BCUT2D eigenvalue weighted by Crippen LogP contribution is 2.57. The second-order valence-electron chi connectivity index (χ2n) is 7.54. The second kappa shape index (κ2) is 6.43. The molecule has 1 fully saturated rings. The number of allylic oxidation sites excluding steroid dienone is 3. The minimum absolute atomic E-state index is 0.0127. The molecule has 0 unspecified atom stereocenters. The van der Waals surface area contributed by atoms with Crippen molar-refractivity contribution in [1.29, 1.82) is 0 Å². The lowest BCUT2D eigenvalue weighted by atomic mass is 9.57. The maximum Gasteiger partial charge on any atom is 0.392 e. The molecule has 144 valence electrons. The Kier molecular flexibility index (Phi) is 4.69. The number of carbonyl (C=O) groups excluding carboxylic acids is 2. The van der Waals surface area contributed by atoms with E-state index in [-0.39, 0.29) is 18.9 Å². The predicted molar refractivity (Wildman–Crippen MR) is 88.7 cm³/mol. The SMILES string of the molecule is CCOC(=O)[C@H]1[C@@H]2CC=C3N(C)C(=O)CC[C@]3(C)C2=CC[C@@H]1C(F)(F)F. The van der Waals surface area contributed by atoms with Crippen LogP contribution in [-0.2, 0) is 14.3 Å². The van der Waals surface area contributed by atoms with E-state index in [2.05, 4.69) is 0 Å². The number of halogens is 3. The Morgan fingerprint density at radius 3 is 2.65 bits per heavy atom. The molecule has 1 amide bonds. The zero-order valence-corrected chi connectivity index (χ0v) is 15.2. The van der Waals surface area contributed by atoms with Crippen LogP contribution in [0.2, 0.25) is 0 Å². The number of likely N-dealkylation sites (tertiary alicyclic amines) is 1. The Morgan fingerprint density at radius 1 is 1.35 bits per heavy atom. The molecule has 3 rings (SSSR count). The molecule has 1 heterocycles. The molecule has 0 aromatic rings. The van der Waals surface area contributed by atoms with Gasteiger partial charge in [0.05, 0.1) is 18.4 Å². The highest BCUT2D eigenvalue weighted by atomic mass is 19.4. The molecule has 4 atom stereocenters. The second-order valence-corrected chi connectivity index (χ2v) is 7.54. The molecule has 0 N–H and O–H groups in total. The van der Waals surface area contributed by atoms with Crippen LogP contribution in [-0.4, -0.2) is 36.6 Å². The van der Waals surface area contributed by atoms with Crippen LogP contribution in [0.15, 0.2) is 23.4 Å². The molecule has 0 aromatic heterocycles. The van der Waals surface area contributed by atoms with E-state index in [0.29, 0.717) is 19.3 Å². The molecular formula is C19H24F3NO3. The number of hydrogen-bond acceptors (Lipinski definition) is 3. The first kappa shape index (κ1) is 19.0. The molecule has 3 aliphatic rings. The van der Waals surface area contributed by atoms with Gasteiger partial charge in [0.1, 0.15) is 0 Å². The first-order valence-electron chi connectivity index (χ1n) is 9.02. The van der Waals surface area contributed by atoms with Gasteiger partial charge in [-0.15, -0.1) is 0 Å². The van der Waals surface area contributed by atoms with Crippen LogP contribution in [0, 0.1) is 23.2 Å². The average Bonchev–Trinajstić information content (AvgIpc) is 2.57. The van der Waals surface area contributed by atoms with E-state index in [0.717, 1.165) is 11.3 Å². The number of carbonyl (C=O) groups is 2. The fourth-order valence-electron chi connectivity index (χ4n) is 4.89. The van der Waals surface area contributed by atoms with Crippen molar-refractivity contribution >= 4 is 11.9 Å². The van der Waals surface area contributed by atoms with E-state index in [1.807, 2.05) is 13.0 Å². The Morgan fingerprint density at radius 2 is 2.04 bits per heavy atom. The predicted octanol–water partition coefficient (Wildman–Crippen LogP) is 3.84. The number of piperidine rings is 1. The number of amides is 1. The molecule has 0 bridgehead atoms. The van der Waals surface area contributed by atoms with Gasteiger partial charge in [0, 0.05) is 24.6 Å². The van der Waals surface area contributed by atoms with Gasteiger partial charge in [0.15, 0.2) is 0 Å². The number of hydrogen-bond donors (Lipinski definition) is 0. The van der Waals surface area contributed by atoms with E-state index in [4.69, 9.17) is 4.74 Å². The number of esters is 1. The van der Waals surface area contributed by atoms with Gasteiger partial charge < -0.3 is 9.64 Å². The van der Waals surface area contributed by atoms with Gasteiger partial charge in [-0.3, -0.25) is 9.59 Å². The Bertz CT molecular complexity index is 682. The third-order valence-electron chi connectivity index (χ3n) is 6.18. The molecule has 1 saturated heterocycles. The minimum atomic E-state index is -4.45. The fourth-order valence-corrected chi connectivity index (χ4v) is 4.89. The summed E-state index contributed by atoms with van der Waals surface area (Å²) in [6.45, 7) is 3.62. The summed E-state index contributed by atoms with van der Waals surface area (Å²) >= 11 is 0. The lowest BCUT2D eigenvalue weighted by Gasteiger charge is -2.51. The maximum atomic E-state index is 13.6. The van der Waals surface area contributed by atoms with Crippen LogP contribution in [0.4, 0.5) is 13.2 Å². The van der Waals surface area contributed by atoms with E-state index in [9.17, 15) is 22.8 Å². The smallest absolute Gasteiger partial charge is 0.392 e. The number of nitrogens with zero attached hydrogens (tertiary/aromatic N) is 1. The molecule has 1 aliphatic heterocycles. The first-order valence-corrected chi connectivity index (χ1v) is 9.02. The van der Waals surface area contributed by atoms with E-state index < -0.39 is 35.3 Å². The molecule has 0 radical (unpaired) electrons. The molecule has 0 saturated carbocycles. The number of rotatable bonds is 2. The topological polar surface area (TPSA) is 46.6 Å². The van der Waals surface area contributed by atoms with Crippen molar-refractivity contribution in [3.8, 4) is 0 Å². The quantitative estimate of drug-likeness (QED) is 0.547. The Labute approximate surface area is 151 Å². The van der Waals surface area contributed by atoms with Crippen LogP contribution in [0.3, 0.4) is 0 Å². The molecule has 0 aromatic carbocycles. The fraction of sp³-hybridized carbons (Fsp3) is 0.684. The van der Waals surface area contributed by atoms with Crippen molar-refractivity contribution < 1.29 is 27.5 Å². The monoisotopic (exact) mass is 371 g/mol. The lowest BCUT2D eigenvalue weighted by Crippen LogP contribution is -2.50. The van der Waals surface area contributed by atoms with Gasteiger partial charge in [0.25, 0.3) is 0 Å². The van der Waals surface area contributed by atoms with Crippen molar-refractivity contribution in [1.82, 2.24) is 4.90 Å². The van der Waals surface area contributed by atoms with Gasteiger partial charge in [-0.05, 0) is 32.1 Å². The summed E-state index contributed by atoms with van der Waals surface area (Å²) in [7, 11) is 1.70. The molecule has 2 aliphatic carbocycles. The van der Waals surface area contributed by atoms with Crippen molar-refractivity contribution in [2.45, 2.75) is 45.7 Å². The molecule has 0 spiro atoms. The number of alkyl halides is 3. The normalized spacial score (nSPS) is 34.5.